The van der Waals surface area contributed by atoms with E-state index in [9.17, 15) is 4.79 Å². The number of nitrogens with zero attached hydrogens (tertiary/aromatic N) is 2. The Morgan fingerprint density at radius 3 is 3.00 bits per heavy atom. The standard InChI is InChI=1S/C18H15N3O2S/c1-23-12-7-8-14-16(10-12)24-18(19-14)21-20-17-13-5-3-2-4-11(13)6-9-15(17)22/h2-11,13H,1H3,(H,19,21)/b20-17-. The van der Waals surface area contributed by atoms with E-state index in [2.05, 4.69) is 21.6 Å². The van der Waals surface area contributed by atoms with Crippen LogP contribution in [0.15, 0.2) is 59.8 Å². The molecule has 0 bridgehead atoms. The molecule has 1 N–H and O–H groups in total. The number of hydrazone groups is 1. The van der Waals surface area contributed by atoms with Crippen molar-refractivity contribution in [2.75, 3.05) is 12.5 Å². The minimum absolute atomic E-state index is 0.0190. The lowest BCUT2D eigenvalue weighted by atomic mass is 9.79. The molecule has 2 aromatic rings. The molecule has 1 heterocycles. The van der Waals surface area contributed by atoms with Crippen molar-refractivity contribution in [2.24, 2.45) is 16.9 Å². The van der Waals surface area contributed by atoms with Crippen LogP contribution in [-0.4, -0.2) is 23.6 Å². The van der Waals surface area contributed by atoms with Crippen molar-refractivity contribution in [3.8, 4) is 5.75 Å². The van der Waals surface area contributed by atoms with Crippen LogP contribution in [0.2, 0.25) is 0 Å². The van der Waals surface area contributed by atoms with Gasteiger partial charge in [-0.15, -0.1) is 0 Å². The molecule has 6 heteroatoms. The monoisotopic (exact) mass is 337 g/mol. The molecule has 0 fully saturated rings. The van der Waals surface area contributed by atoms with Crippen LogP contribution in [0.3, 0.4) is 0 Å². The van der Waals surface area contributed by atoms with E-state index in [0.29, 0.717) is 10.8 Å². The zero-order chi connectivity index (χ0) is 16.5. The lowest BCUT2D eigenvalue weighted by molar-refractivity contribution is -0.109. The van der Waals surface area contributed by atoms with Gasteiger partial charge in [0.05, 0.1) is 17.3 Å². The van der Waals surface area contributed by atoms with Crippen molar-refractivity contribution in [3.05, 3.63) is 54.7 Å². The maximum atomic E-state index is 12.2. The summed E-state index contributed by atoms with van der Waals surface area (Å²) in [6.07, 6.45) is 11.5. The van der Waals surface area contributed by atoms with Gasteiger partial charge >= 0.3 is 0 Å². The number of hydrogen-bond donors (Lipinski definition) is 1. The third-order valence-electron chi connectivity index (χ3n) is 4.08. The second-order valence-corrected chi connectivity index (χ2v) is 6.59. The van der Waals surface area contributed by atoms with Crippen molar-refractivity contribution >= 4 is 38.2 Å². The molecular weight excluding hydrogens is 322 g/mol. The first-order valence-corrected chi connectivity index (χ1v) is 8.42. The summed E-state index contributed by atoms with van der Waals surface area (Å²) in [6, 6.07) is 5.71. The zero-order valence-corrected chi connectivity index (χ0v) is 13.8. The summed E-state index contributed by atoms with van der Waals surface area (Å²) in [5, 5.41) is 5.01. The van der Waals surface area contributed by atoms with Gasteiger partial charge in [-0.3, -0.25) is 10.2 Å². The third kappa shape index (κ3) is 2.65. The van der Waals surface area contributed by atoms with Gasteiger partial charge in [-0.25, -0.2) is 4.98 Å². The van der Waals surface area contributed by atoms with E-state index >= 15 is 0 Å². The quantitative estimate of drug-likeness (QED) is 0.870. The average molecular weight is 337 g/mol. The Kier molecular flexibility index (Phi) is 3.74. The molecule has 0 saturated carbocycles. The van der Waals surface area contributed by atoms with Crippen LogP contribution in [0, 0.1) is 11.8 Å². The first-order valence-electron chi connectivity index (χ1n) is 7.60. The van der Waals surface area contributed by atoms with Crippen molar-refractivity contribution in [2.45, 2.75) is 0 Å². The number of allylic oxidation sites excluding steroid dienone is 6. The average Bonchev–Trinajstić information content (AvgIpc) is 3.02. The summed E-state index contributed by atoms with van der Waals surface area (Å²) in [5.41, 5.74) is 4.33. The van der Waals surface area contributed by atoms with Gasteiger partial charge in [0.1, 0.15) is 11.5 Å². The molecule has 5 nitrogen and oxygen atoms in total. The summed E-state index contributed by atoms with van der Waals surface area (Å²) >= 11 is 1.48. The Hall–Kier alpha value is -2.73. The molecule has 0 aliphatic heterocycles. The number of nitrogens with one attached hydrogen (secondary N) is 1. The summed E-state index contributed by atoms with van der Waals surface area (Å²) in [5.74, 6) is 0.896. The highest BCUT2D eigenvalue weighted by Crippen LogP contribution is 2.30. The van der Waals surface area contributed by atoms with E-state index in [0.717, 1.165) is 16.0 Å². The molecule has 1 aromatic heterocycles. The molecular formula is C18H15N3O2S. The fourth-order valence-electron chi connectivity index (χ4n) is 2.85. The summed E-state index contributed by atoms with van der Waals surface area (Å²) in [6.45, 7) is 0. The number of carbonyl (C=O) groups is 1. The van der Waals surface area contributed by atoms with E-state index in [1.165, 1.54) is 11.3 Å². The fraction of sp³-hybridized carbons (Fsp3) is 0.167. The molecule has 0 saturated heterocycles. The van der Waals surface area contributed by atoms with Crippen LogP contribution in [0.1, 0.15) is 0 Å². The number of carbonyl (C=O) groups excluding carboxylic acids is 1. The van der Waals surface area contributed by atoms with E-state index in [1.807, 2.05) is 42.5 Å². The number of hydrogen-bond acceptors (Lipinski definition) is 6. The third-order valence-corrected chi connectivity index (χ3v) is 5.01. The van der Waals surface area contributed by atoms with Crippen LogP contribution >= 0.6 is 11.3 Å². The Balaban J connectivity index is 1.62. The number of ketones is 1. The second-order valence-electron chi connectivity index (χ2n) is 5.56. The number of anilines is 1. The van der Waals surface area contributed by atoms with E-state index in [1.54, 1.807) is 13.2 Å². The topological polar surface area (TPSA) is 63.6 Å². The molecule has 24 heavy (non-hydrogen) atoms. The van der Waals surface area contributed by atoms with Crippen molar-refractivity contribution in [1.29, 1.82) is 0 Å². The number of ether oxygens (including phenoxy) is 1. The summed E-state index contributed by atoms with van der Waals surface area (Å²) < 4.78 is 6.23. The highest BCUT2D eigenvalue weighted by atomic mass is 32.1. The van der Waals surface area contributed by atoms with Crippen LogP contribution in [0.4, 0.5) is 5.13 Å². The first kappa shape index (κ1) is 14.8. The lowest BCUT2D eigenvalue weighted by Gasteiger charge is -2.24. The predicted octanol–water partition coefficient (Wildman–Crippen LogP) is 3.57. The molecule has 4 rings (SSSR count). The minimum atomic E-state index is -0.0634. The van der Waals surface area contributed by atoms with Gasteiger partial charge in [0.15, 0.2) is 0 Å². The van der Waals surface area contributed by atoms with Gasteiger partial charge < -0.3 is 4.74 Å². The van der Waals surface area contributed by atoms with E-state index in [-0.39, 0.29) is 17.6 Å². The van der Waals surface area contributed by atoms with Gasteiger partial charge in [0.25, 0.3) is 0 Å². The van der Waals surface area contributed by atoms with Gasteiger partial charge in [-0.2, -0.15) is 5.10 Å². The highest BCUT2D eigenvalue weighted by molar-refractivity contribution is 7.22. The van der Waals surface area contributed by atoms with Gasteiger partial charge in [0.2, 0.25) is 10.9 Å². The van der Waals surface area contributed by atoms with Crippen molar-refractivity contribution < 1.29 is 9.53 Å². The SMILES string of the molecule is COc1ccc2nc(N/N=C3\C(=O)C=CC4C=CC=CC34)sc2c1. The largest absolute Gasteiger partial charge is 0.497 e. The number of thiazole rings is 1. The van der Waals surface area contributed by atoms with Gasteiger partial charge in [0, 0.05) is 11.8 Å². The van der Waals surface area contributed by atoms with E-state index < -0.39 is 0 Å². The normalized spacial score (nSPS) is 23.7. The van der Waals surface area contributed by atoms with Crippen molar-refractivity contribution in [3.63, 3.8) is 0 Å². The molecule has 120 valence electrons. The smallest absolute Gasteiger partial charge is 0.204 e. The fourth-order valence-corrected chi connectivity index (χ4v) is 3.68. The maximum absolute atomic E-state index is 12.2. The molecule has 2 unspecified atom stereocenters. The number of methoxy groups -OCH3 is 1. The summed E-state index contributed by atoms with van der Waals surface area (Å²) in [7, 11) is 1.64. The minimum Gasteiger partial charge on any atom is -0.497 e. The van der Waals surface area contributed by atoms with Crippen LogP contribution in [0.5, 0.6) is 5.75 Å². The van der Waals surface area contributed by atoms with Gasteiger partial charge in [-0.05, 0) is 24.3 Å². The highest BCUT2D eigenvalue weighted by Gasteiger charge is 2.29. The molecule has 2 aliphatic carbocycles. The molecule has 1 aromatic carbocycles. The van der Waals surface area contributed by atoms with Crippen LogP contribution in [0.25, 0.3) is 10.2 Å². The van der Waals surface area contributed by atoms with E-state index in [4.69, 9.17) is 4.74 Å². The zero-order valence-electron chi connectivity index (χ0n) is 13.0. The Morgan fingerprint density at radius 2 is 2.12 bits per heavy atom. The van der Waals surface area contributed by atoms with Gasteiger partial charge in [-0.1, -0.05) is 41.7 Å². The number of benzene rings is 1. The second kappa shape index (κ2) is 6.05. The molecule has 0 spiro atoms. The first-order chi connectivity index (χ1) is 11.7. The predicted molar refractivity (Wildman–Crippen MR) is 96.6 cm³/mol. The number of aromatic nitrogens is 1. The summed E-state index contributed by atoms with van der Waals surface area (Å²) in [4.78, 5) is 16.7. The molecule has 2 atom stereocenters. The maximum Gasteiger partial charge on any atom is 0.204 e. The Labute approximate surface area is 143 Å². The molecule has 0 amide bonds. The number of fused-ring (bicyclic) bond motifs is 2. The lowest BCUT2D eigenvalue weighted by Crippen LogP contribution is -2.31. The number of rotatable bonds is 3. The molecule has 2 aliphatic rings. The van der Waals surface area contributed by atoms with Crippen LogP contribution in [-0.2, 0) is 4.79 Å². The van der Waals surface area contributed by atoms with Crippen molar-refractivity contribution in [1.82, 2.24) is 4.98 Å². The van der Waals surface area contributed by atoms with Crippen LogP contribution < -0.4 is 10.2 Å². The molecule has 0 radical (unpaired) electrons. The Bertz CT molecular complexity index is 923. The Morgan fingerprint density at radius 1 is 1.25 bits per heavy atom.